The quantitative estimate of drug-likeness (QED) is 0.383. The molecule has 0 radical (unpaired) electrons. The highest BCUT2D eigenvalue weighted by atomic mass is 16.5. The molecule has 29 heavy (non-hydrogen) atoms. The Morgan fingerprint density at radius 2 is 0.966 bits per heavy atom. The van der Waals surface area contributed by atoms with Crippen LogP contribution in [0.5, 0.6) is 11.5 Å². The predicted molar refractivity (Wildman–Crippen MR) is 107 cm³/mol. The first kappa shape index (κ1) is 22.0. The van der Waals surface area contributed by atoms with Crippen molar-refractivity contribution in [3.8, 4) is 11.5 Å². The lowest BCUT2D eigenvalue weighted by molar-refractivity contribution is -0.147. The fraction of sp³-hybridized carbons (Fsp3) is 0.304. The average molecular weight is 396 g/mol. The SMILES string of the molecule is CCC(=O)C(=O)Oc1ccc(C(C)(C)c2ccc(OC(=O)C(=O)CC)cc2)cc1. The van der Waals surface area contributed by atoms with E-state index >= 15 is 0 Å². The molecule has 0 bridgehead atoms. The van der Waals surface area contributed by atoms with Gasteiger partial charge in [-0.05, 0) is 35.4 Å². The van der Waals surface area contributed by atoms with Gasteiger partial charge in [-0.3, -0.25) is 9.59 Å². The van der Waals surface area contributed by atoms with Crippen LogP contribution in [0.15, 0.2) is 48.5 Å². The Labute approximate surface area is 169 Å². The van der Waals surface area contributed by atoms with Gasteiger partial charge in [-0.2, -0.15) is 0 Å². The Morgan fingerprint density at radius 1 is 0.655 bits per heavy atom. The number of hydrogen-bond donors (Lipinski definition) is 0. The summed E-state index contributed by atoms with van der Waals surface area (Å²) >= 11 is 0. The first-order chi connectivity index (χ1) is 13.7. The van der Waals surface area contributed by atoms with Crippen LogP contribution in [0.2, 0.25) is 0 Å². The van der Waals surface area contributed by atoms with E-state index in [4.69, 9.17) is 9.47 Å². The van der Waals surface area contributed by atoms with Crippen LogP contribution in [0.3, 0.4) is 0 Å². The molecular weight excluding hydrogens is 372 g/mol. The van der Waals surface area contributed by atoms with Crippen LogP contribution in [-0.4, -0.2) is 23.5 Å². The van der Waals surface area contributed by atoms with Gasteiger partial charge < -0.3 is 9.47 Å². The first-order valence-corrected chi connectivity index (χ1v) is 9.40. The van der Waals surface area contributed by atoms with Gasteiger partial charge in [0.05, 0.1) is 0 Å². The van der Waals surface area contributed by atoms with E-state index in [2.05, 4.69) is 0 Å². The van der Waals surface area contributed by atoms with E-state index in [0.29, 0.717) is 11.5 Å². The van der Waals surface area contributed by atoms with Crippen molar-refractivity contribution >= 4 is 23.5 Å². The fourth-order valence-electron chi connectivity index (χ4n) is 2.66. The van der Waals surface area contributed by atoms with Gasteiger partial charge in [0.1, 0.15) is 11.5 Å². The summed E-state index contributed by atoms with van der Waals surface area (Å²) in [4.78, 5) is 45.9. The summed E-state index contributed by atoms with van der Waals surface area (Å²) in [5.41, 5.74) is 1.54. The van der Waals surface area contributed by atoms with Crippen LogP contribution in [0, 0.1) is 0 Å². The second-order valence-corrected chi connectivity index (χ2v) is 7.01. The highest BCUT2D eigenvalue weighted by molar-refractivity contribution is 6.34. The Morgan fingerprint density at radius 3 is 1.24 bits per heavy atom. The topological polar surface area (TPSA) is 86.7 Å². The van der Waals surface area contributed by atoms with Crippen LogP contribution < -0.4 is 9.47 Å². The van der Waals surface area contributed by atoms with Gasteiger partial charge in [0.25, 0.3) is 0 Å². The largest absolute Gasteiger partial charge is 0.421 e. The summed E-state index contributed by atoms with van der Waals surface area (Å²) in [6, 6.07) is 13.9. The van der Waals surface area contributed by atoms with Crippen molar-refractivity contribution in [3.05, 3.63) is 59.7 Å². The van der Waals surface area contributed by atoms with Gasteiger partial charge in [0.2, 0.25) is 11.6 Å². The van der Waals surface area contributed by atoms with Gasteiger partial charge >= 0.3 is 11.9 Å². The molecule has 2 aromatic carbocycles. The smallest absolute Gasteiger partial charge is 0.379 e. The zero-order valence-corrected chi connectivity index (χ0v) is 17.0. The fourth-order valence-corrected chi connectivity index (χ4v) is 2.66. The van der Waals surface area contributed by atoms with E-state index in [1.54, 1.807) is 38.1 Å². The molecule has 0 aliphatic heterocycles. The number of hydrogen-bond acceptors (Lipinski definition) is 6. The summed E-state index contributed by atoms with van der Waals surface area (Å²) in [6.45, 7) is 7.25. The molecule has 2 rings (SSSR count). The van der Waals surface area contributed by atoms with Gasteiger partial charge in [-0.25, -0.2) is 9.59 Å². The average Bonchev–Trinajstić information content (AvgIpc) is 2.73. The molecular formula is C23H24O6. The summed E-state index contributed by atoms with van der Waals surface area (Å²) in [7, 11) is 0. The number of Topliss-reactive ketones (excluding diaryl/α,β-unsaturated/α-hetero) is 2. The van der Waals surface area contributed by atoms with Crippen molar-refractivity contribution < 1.29 is 28.7 Å². The number of ketones is 2. The second-order valence-electron chi connectivity index (χ2n) is 7.01. The lowest BCUT2D eigenvalue weighted by Crippen LogP contribution is -2.21. The highest BCUT2D eigenvalue weighted by Crippen LogP contribution is 2.33. The third-order valence-electron chi connectivity index (χ3n) is 4.67. The van der Waals surface area contributed by atoms with E-state index in [1.165, 1.54) is 0 Å². The van der Waals surface area contributed by atoms with Crippen molar-refractivity contribution in [2.45, 2.75) is 46.0 Å². The zero-order chi connectivity index (χ0) is 21.6. The monoisotopic (exact) mass is 396 g/mol. The molecule has 0 atom stereocenters. The predicted octanol–water partition coefficient (Wildman–Crippen LogP) is 3.78. The minimum Gasteiger partial charge on any atom is -0.421 e. The highest BCUT2D eigenvalue weighted by Gasteiger charge is 2.24. The third kappa shape index (κ3) is 5.38. The number of ether oxygens (including phenoxy) is 2. The Bertz CT molecular complexity index is 832. The van der Waals surface area contributed by atoms with Crippen molar-refractivity contribution in [2.75, 3.05) is 0 Å². The molecule has 0 fully saturated rings. The minimum atomic E-state index is -0.869. The third-order valence-corrected chi connectivity index (χ3v) is 4.67. The van der Waals surface area contributed by atoms with Crippen LogP contribution in [-0.2, 0) is 24.6 Å². The molecule has 0 aliphatic carbocycles. The summed E-state index contributed by atoms with van der Waals surface area (Å²) in [5, 5.41) is 0. The zero-order valence-electron chi connectivity index (χ0n) is 17.0. The molecule has 0 heterocycles. The van der Waals surface area contributed by atoms with E-state index in [1.807, 2.05) is 38.1 Å². The van der Waals surface area contributed by atoms with E-state index in [-0.39, 0.29) is 18.3 Å². The van der Waals surface area contributed by atoms with Crippen molar-refractivity contribution in [3.63, 3.8) is 0 Å². The number of carbonyl (C=O) groups excluding carboxylic acids is 4. The normalized spacial score (nSPS) is 10.9. The van der Waals surface area contributed by atoms with Gasteiger partial charge in [-0.1, -0.05) is 52.0 Å². The van der Waals surface area contributed by atoms with E-state index in [0.717, 1.165) is 11.1 Å². The van der Waals surface area contributed by atoms with Crippen molar-refractivity contribution in [1.29, 1.82) is 0 Å². The molecule has 0 saturated carbocycles. The number of benzene rings is 2. The molecule has 0 unspecified atom stereocenters. The summed E-state index contributed by atoms with van der Waals surface area (Å²) in [5.74, 6) is -2.28. The van der Waals surface area contributed by atoms with Gasteiger partial charge in [0, 0.05) is 18.3 Å². The second kappa shape index (κ2) is 9.28. The maximum absolute atomic E-state index is 11.6. The van der Waals surface area contributed by atoms with Crippen molar-refractivity contribution in [2.24, 2.45) is 0 Å². The standard InChI is InChI=1S/C23H24O6/c1-5-19(24)21(26)28-17-11-7-15(8-12-17)23(3,4)16-9-13-18(14-10-16)29-22(27)20(25)6-2/h7-14H,5-6H2,1-4H3. The Balaban J connectivity index is 2.13. The van der Waals surface area contributed by atoms with E-state index < -0.39 is 23.5 Å². The van der Waals surface area contributed by atoms with Crippen LogP contribution in [0.1, 0.15) is 51.7 Å². The summed E-state index contributed by atoms with van der Waals surface area (Å²) < 4.78 is 10.1. The molecule has 2 aromatic rings. The first-order valence-electron chi connectivity index (χ1n) is 9.40. The minimum absolute atomic E-state index is 0.0991. The maximum Gasteiger partial charge on any atom is 0.379 e. The Kier molecular flexibility index (Phi) is 7.04. The number of carbonyl (C=O) groups is 4. The lowest BCUT2D eigenvalue weighted by atomic mass is 9.78. The molecule has 6 nitrogen and oxygen atoms in total. The molecule has 6 heteroatoms. The Hall–Kier alpha value is -3.28. The van der Waals surface area contributed by atoms with E-state index in [9.17, 15) is 19.2 Å². The van der Waals surface area contributed by atoms with Crippen LogP contribution in [0.4, 0.5) is 0 Å². The van der Waals surface area contributed by atoms with Crippen molar-refractivity contribution in [1.82, 2.24) is 0 Å². The molecule has 0 N–H and O–H groups in total. The lowest BCUT2D eigenvalue weighted by Gasteiger charge is -2.26. The maximum atomic E-state index is 11.6. The molecule has 0 aliphatic rings. The molecule has 152 valence electrons. The molecule has 0 aromatic heterocycles. The number of rotatable bonds is 8. The number of esters is 2. The molecule has 0 amide bonds. The molecule has 0 spiro atoms. The summed E-state index contributed by atoms with van der Waals surface area (Å²) in [6.07, 6.45) is 0.198. The van der Waals surface area contributed by atoms with Gasteiger partial charge in [-0.15, -0.1) is 0 Å². The molecule has 0 saturated heterocycles. The van der Waals surface area contributed by atoms with Crippen LogP contribution >= 0.6 is 0 Å². The van der Waals surface area contributed by atoms with Crippen LogP contribution in [0.25, 0.3) is 0 Å². The van der Waals surface area contributed by atoms with Gasteiger partial charge in [0.15, 0.2) is 0 Å².